The summed E-state index contributed by atoms with van der Waals surface area (Å²) < 4.78 is 0. The summed E-state index contributed by atoms with van der Waals surface area (Å²) in [4.78, 5) is 29.8. The number of hydrogen-bond acceptors (Lipinski definition) is 3. The van der Waals surface area contributed by atoms with E-state index in [0.717, 1.165) is 12.0 Å². The molecule has 1 aliphatic heterocycles. The molecule has 1 N–H and O–H groups in total. The maximum Gasteiger partial charge on any atom is 0.253 e. The maximum absolute atomic E-state index is 12.7. The van der Waals surface area contributed by atoms with Gasteiger partial charge in [0.1, 0.15) is 0 Å². The lowest BCUT2D eigenvalue weighted by molar-refractivity contribution is -0.114. The summed E-state index contributed by atoms with van der Waals surface area (Å²) >= 11 is 6.16. The summed E-state index contributed by atoms with van der Waals surface area (Å²) in [6, 6.07) is 8.92. The van der Waals surface area contributed by atoms with E-state index in [1.165, 1.54) is 6.92 Å². The summed E-state index contributed by atoms with van der Waals surface area (Å²) in [5, 5.41) is 2.99. The van der Waals surface area contributed by atoms with E-state index in [-0.39, 0.29) is 11.8 Å². The van der Waals surface area contributed by atoms with Crippen LogP contribution >= 0.6 is 11.6 Å². The zero-order valence-electron chi connectivity index (χ0n) is 13.3. The van der Waals surface area contributed by atoms with Crippen molar-refractivity contribution >= 4 is 29.1 Å². The van der Waals surface area contributed by atoms with Crippen molar-refractivity contribution in [3.05, 3.63) is 58.9 Å². The Kier molecular flexibility index (Phi) is 4.81. The lowest BCUT2D eigenvalue weighted by Gasteiger charge is -2.17. The second kappa shape index (κ2) is 7.01. The van der Waals surface area contributed by atoms with Crippen LogP contribution in [0, 0.1) is 0 Å². The number of pyridine rings is 1. The minimum Gasteiger partial charge on any atom is -0.338 e. The van der Waals surface area contributed by atoms with Crippen LogP contribution < -0.4 is 5.32 Å². The number of rotatable bonds is 3. The van der Waals surface area contributed by atoms with Gasteiger partial charge in [-0.05, 0) is 36.2 Å². The molecule has 3 rings (SSSR count). The largest absolute Gasteiger partial charge is 0.338 e. The highest BCUT2D eigenvalue weighted by Crippen LogP contribution is 2.29. The van der Waals surface area contributed by atoms with Crippen molar-refractivity contribution in [2.75, 3.05) is 18.4 Å². The van der Waals surface area contributed by atoms with Crippen molar-refractivity contribution < 1.29 is 9.59 Å². The van der Waals surface area contributed by atoms with E-state index >= 15 is 0 Å². The van der Waals surface area contributed by atoms with E-state index in [2.05, 4.69) is 10.3 Å². The molecule has 6 heteroatoms. The zero-order valence-corrected chi connectivity index (χ0v) is 14.1. The number of carbonyl (C=O) groups excluding carboxylic acids is 2. The number of aromatic nitrogens is 1. The first-order chi connectivity index (χ1) is 11.5. The lowest BCUT2D eigenvalue weighted by Crippen LogP contribution is -2.28. The van der Waals surface area contributed by atoms with E-state index in [0.29, 0.717) is 35.3 Å². The molecule has 24 heavy (non-hydrogen) atoms. The van der Waals surface area contributed by atoms with Gasteiger partial charge in [0.2, 0.25) is 5.91 Å². The average molecular weight is 344 g/mol. The minimum absolute atomic E-state index is 0.0438. The zero-order chi connectivity index (χ0) is 17.1. The fourth-order valence-electron chi connectivity index (χ4n) is 2.96. The molecular formula is C18H18ClN3O2. The van der Waals surface area contributed by atoms with Crippen LogP contribution in [0.3, 0.4) is 0 Å². The van der Waals surface area contributed by atoms with E-state index in [1.54, 1.807) is 24.4 Å². The molecule has 1 aliphatic rings. The molecule has 0 bridgehead atoms. The third-order valence-corrected chi connectivity index (χ3v) is 4.47. The van der Waals surface area contributed by atoms with Crippen molar-refractivity contribution in [2.24, 2.45) is 0 Å². The molecular weight excluding hydrogens is 326 g/mol. The molecule has 0 radical (unpaired) electrons. The van der Waals surface area contributed by atoms with Crippen LogP contribution in [0.5, 0.6) is 0 Å². The number of nitrogens with one attached hydrogen (secondary N) is 1. The van der Waals surface area contributed by atoms with Crippen molar-refractivity contribution in [1.82, 2.24) is 9.88 Å². The van der Waals surface area contributed by atoms with Gasteiger partial charge in [-0.2, -0.15) is 0 Å². The second-order valence-electron chi connectivity index (χ2n) is 5.90. The van der Waals surface area contributed by atoms with Gasteiger partial charge in [0.05, 0.1) is 10.7 Å². The molecule has 0 saturated carbocycles. The SMILES string of the molecule is CC(=O)Nc1ccc(C(=O)N2CC[C@H](c3cccnc3)C2)cc1Cl. The third-order valence-electron chi connectivity index (χ3n) is 4.16. The standard InChI is InChI=1S/C18H18ClN3O2/c1-12(23)21-17-5-4-13(9-16(17)19)18(24)22-8-6-15(11-22)14-3-2-7-20-10-14/h2-5,7,9-10,15H,6,8,11H2,1H3,(H,21,23)/t15-/m0/s1. The topological polar surface area (TPSA) is 62.3 Å². The Morgan fingerprint density at radius 1 is 1.33 bits per heavy atom. The highest BCUT2D eigenvalue weighted by molar-refractivity contribution is 6.34. The summed E-state index contributed by atoms with van der Waals surface area (Å²) in [6.07, 6.45) is 4.53. The quantitative estimate of drug-likeness (QED) is 0.929. The molecule has 0 aliphatic carbocycles. The summed E-state index contributed by atoms with van der Waals surface area (Å²) in [5.74, 6) is 0.0734. The van der Waals surface area contributed by atoms with Gasteiger partial charge in [-0.1, -0.05) is 17.7 Å². The van der Waals surface area contributed by atoms with Gasteiger partial charge in [-0.25, -0.2) is 0 Å². The minimum atomic E-state index is -0.199. The van der Waals surface area contributed by atoms with Gasteiger partial charge in [0.15, 0.2) is 0 Å². The van der Waals surface area contributed by atoms with Crippen molar-refractivity contribution in [3.63, 3.8) is 0 Å². The predicted molar refractivity (Wildman–Crippen MR) is 93.3 cm³/mol. The van der Waals surface area contributed by atoms with Gasteiger partial charge >= 0.3 is 0 Å². The molecule has 0 spiro atoms. The molecule has 124 valence electrons. The predicted octanol–water partition coefficient (Wildman–Crippen LogP) is 3.32. The summed E-state index contributed by atoms with van der Waals surface area (Å²) in [5.41, 5.74) is 2.20. The van der Waals surface area contributed by atoms with Crippen molar-refractivity contribution in [1.29, 1.82) is 0 Å². The van der Waals surface area contributed by atoms with Crippen molar-refractivity contribution in [2.45, 2.75) is 19.3 Å². The van der Waals surface area contributed by atoms with E-state index in [4.69, 9.17) is 11.6 Å². The van der Waals surface area contributed by atoms with Crippen LogP contribution in [0.15, 0.2) is 42.7 Å². The number of hydrogen-bond donors (Lipinski definition) is 1. The second-order valence-corrected chi connectivity index (χ2v) is 6.31. The van der Waals surface area contributed by atoms with Gasteiger partial charge in [0.25, 0.3) is 5.91 Å². The van der Waals surface area contributed by atoms with Crippen molar-refractivity contribution in [3.8, 4) is 0 Å². The van der Waals surface area contributed by atoms with Crippen LogP contribution in [0.4, 0.5) is 5.69 Å². The van der Waals surface area contributed by atoms with Crippen LogP contribution in [-0.2, 0) is 4.79 Å². The molecule has 1 atom stereocenters. The van der Waals surface area contributed by atoms with E-state index in [1.807, 2.05) is 23.2 Å². The normalized spacial score (nSPS) is 16.9. The molecule has 1 fully saturated rings. The number of benzene rings is 1. The first-order valence-corrected chi connectivity index (χ1v) is 8.18. The summed E-state index contributed by atoms with van der Waals surface area (Å²) in [7, 11) is 0. The third kappa shape index (κ3) is 3.57. The van der Waals surface area contributed by atoms with Gasteiger partial charge in [-0.3, -0.25) is 14.6 Å². The van der Waals surface area contributed by atoms with Crippen LogP contribution in [0.2, 0.25) is 5.02 Å². The summed E-state index contributed by atoms with van der Waals surface area (Å²) in [6.45, 7) is 2.80. The Balaban J connectivity index is 1.71. The fraction of sp³-hybridized carbons (Fsp3) is 0.278. The monoisotopic (exact) mass is 343 g/mol. The molecule has 2 amide bonds. The van der Waals surface area contributed by atoms with Crippen LogP contribution in [-0.4, -0.2) is 34.8 Å². The highest BCUT2D eigenvalue weighted by Gasteiger charge is 2.28. The number of amides is 2. The van der Waals surface area contributed by atoms with Gasteiger partial charge in [-0.15, -0.1) is 0 Å². The molecule has 0 unspecified atom stereocenters. The lowest BCUT2D eigenvalue weighted by atomic mass is 10.0. The first-order valence-electron chi connectivity index (χ1n) is 7.81. The molecule has 1 saturated heterocycles. The molecule has 5 nitrogen and oxygen atoms in total. The smallest absolute Gasteiger partial charge is 0.253 e. The van der Waals surface area contributed by atoms with E-state index < -0.39 is 0 Å². The number of halogens is 1. The molecule has 1 aromatic heterocycles. The number of likely N-dealkylation sites (tertiary alicyclic amines) is 1. The van der Waals surface area contributed by atoms with Crippen LogP contribution in [0.25, 0.3) is 0 Å². The number of anilines is 1. The Hall–Kier alpha value is -2.40. The Labute approximate surface area is 145 Å². The Morgan fingerprint density at radius 3 is 2.83 bits per heavy atom. The van der Waals surface area contributed by atoms with Gasteiger partial charge < -0.3 is 10.2 Å². The molecule has 2 heterocycles. The number of carbonyl (C=O) groups is 2. The maximum atomic E-state index is 12.7. The fourth-order valence-corrected chi connectivity index (χ4v) is 3.18. The average Bonchev–Trinajstić information content (AvgIpc) is 3.06. The van der Waals surface area contributed by atoms with Gasteiger partial charge in [0, 0.05) is 43.9 Å². The first kappa shape index (κ1) is 16.5. The molecule has 1 aromatic carbocycles. The Bertz CT molecular complexity index is 764. The highest BCUT2D eigenvalue weighted by atomic mass is 35.5. The number of nitrogens with zero attached hydrogens (tertiary/aromatic N) is 2. The van der Waals surface area contributed by atoms with Crippen LogP contribution in [0.1, 0.15) is 35.2 Å². The molecule has 2 aromatic rings. The van der Waals surface area contributed by atoms with E-state index in [9.17, 15) is 9.59 Å². The Morgan fingerprint density at radius 2 is 2.17 bits per heavy atom.